The molecule has 0 spiro atoms. The minimum atomic E-state index is -4.29. The fourth-order valence-electron chi connectivity index (χ4n) is 2.20. The zero-order valence-electron chi connectivity index (χ0n) is 11.5. The molecule has 1 aliphatic heterocycles. The van der Waals surface area contributed by atoms with Gasteiger partial charge in [-0.15, -0.1) is 0 Å². The summed E-state index contributed by atoms with van der Waals surface area (Å²) in [6, 6.07) is 3.89. The van der Waals surface area contributed by atoms with E-state index in [4.69, 9.17) is 0 Å². The van der Waals surface area contributed by atoms with Crippen molar-refractivity contribution in [1.29, 1.82) is 0 Å². The van der Waals surface area contributed by atoms with Gasteiger partial charge in [-0.2, -0.15) is 13.2 Å². The molecule has 2 nitrogen and oxygen atoms in total. The standard InChI is InChI=1S/C14H17F3N2/c1-9-5-6-10(2)19(9)11-7-12(18-8-11)13(3,4)14(15,16)17/h5-7H,8H2,1-4H3. The SMILES string of the molecule is Cc1ccc(C)n1C1=CC(C(C)(C)C(F)(F)F)=NC1. The van der Waals surface area contributed by atoms with Crippen molar-refractivity contribution in [3.63, 3.8) is 0 Å². The van der Waals surface area contributed by atoms with E-state index in [1.54, 1.807) is 6.08 Å². The molecule has 0 aliphatic carbocycles. The van der Waals surface area contributed by atoms with Crippen LogP contribution in [0, 0.1) is 19.3 Å². The average molecular weight is 270 g/mol. The van der Waals surface area contributed by atoms with Crippen LogP contribution in [0.3, 0.4) is 0 Å². The quantitative estimate of drug-likeness (QED) is 0.773. The molecule has 1 aromatic heterocycles. The molecule has 104 valence electrons. The molecule has 0 fully saturated rings. The molecule has 1 aromatic rings. The molecule has 0 saturated heterocycles. The van der Waals surface area contributed by atoms with Gasteiger partial charge in [-0.1, -0.05) is 0 Å². The maximum absolute atomic E-state index is 13.0. The molecule has 0 unspecified atom stereocenters. The minimum Gasteiger partial charge on any atom is -0.320 e. The molecule has 0 saturated carbocycles. The van der Waals surface area contributed by atoms with E-state index in [0.29, 0.717) is 6.54 Å². The Hall–Kier alpha value is -1.52. The van der Waals surface area contributed by atoms with E-state index < -0.39 is 11.6 Å². The molecular weight excluding hydrogens is 253 g/mol. The number of hydrogen-bond donors (Lipinski definition) is 0. The summed E-state index contributed by atoms with van der Waals surface area (Å²) in [6.07, 6.45) is -2.73. The maximum Gasteiger partial charge on any atom is 0.399 e. The topological polar surface area (TPSA) is 17.3 Å². The van der Waals surface area contributed by atoms with Crippen molar-refractivity contribution < 1.29 is 13.2 Å². The Bertz CT molecular complexity index is 540. The Kier molecular flexibility index (Phi) is 3.11. The summed E-state index contributed by atoms with van der Waals surface area (Å²) < 4.78 is 40.9. The largest absolute Gasteiger partial charge is 0.399 e. The van der Waals surface area contributed by atoms with Gasteiger partial charge in [0.25, 0.3) is 0 Å². The van der Waals surface area contributed by atoms with E-state index in [2.05, 4.69) is 4.99 Å². The third-order valence-corrected chi connectivity index (χ3v) is 3.62. The molecule has 5 heteroatoms. The Morgan fingerprint density at radius 1 is 1.11 bits per heavy atom. The molecular formula is C14H17F3N2. The van der Waals surface area contributed by atoms with E-state index in [1.165, 1.54) is 13.8 Å². The monoisotopic (exact) mass is 270 g/mol. The Morgan fingerprint density at radius 3 is 2.11 bits per heavy atom. The van der Waals surface area contributed by atoms with Crippen molar-refractivity contribution in [2.45, 2.75) is 33.9 Å². The molecule has 0 atom stereocenters. The van der Waals surface area contributed by atoms with Gasteiger partial charge in [-0.3, -0.25) is 4.99 Å². The van der Waals surface area contributed by atoms with Gasteiger partial charge >= 0.3 is 6.18 Å². The molecule has 19 heavy (non-hydrogen) atoms. The molecule has 0 N–H and O–H groups in total. The summed E-state index contributed by atoms with van der Waals surface area (Å²) in [5.74, 6) is 0. The second kappa shape index (κ2) is 4.25. The van der Waals surface area contributed by atoms with E-state index in [1.807, 2.05) is 30.5 Å². The highest BCUT2D eigenvalue weighted by Gasteiger charge is 2.50. The number of hydrogen-bond acceptors (Lipinski definition) is 1. The summed E-state index contributed by atoms with van der Waals surface area (Å²) in [5.41, 5.74) is 0.994. The highest BCUT2D eigenvalue weighted by molar-refractivity contribution is 6.06. The van der Waals surface area contributed by atoms with Crippen LogP contribution in [0.5, 0.6) is 0 Å². The second-order valence-electron chi connectivity index (χ2n) is 5.41. The van der Waals surface area contributed by atoms with Crippen LogP contribution in [-0.2, 0) is 0 Å². The number of alkyl halides is 3. The zero-order valence-corrected chi connectivity index (χ0v) is 11.5. The van der Waals surface area contributed by atoms with Gasteiger partial charge in [0.05, 0.1) is 12.3 Å². The van der Waals surface area contributed by atoms with Crippen LogP contribution >= 0.6 is 0 Å². The summed E-state index contributed by atoms with van der Waals surface area (Å²) in [5, 5.41) is 0. The van der Waals surface area contributed by atoms with Crippen LogP contribution in [0.25, 0.3) is 5.70 Å². The summed E-state index contributed by atoms with van der Waals surface area (Å²) in [7, 11) is 0. The van der Waals surface area contributed by atoms with Crippen molar-refractivity contribution in [2.75, 3.05) is 6.54 Å². The van der Waals surface area contributed by atoms with Crippen LogP contribution in [0.15, 0.2) is 23.2 Å². The summed E-state index contributed by atoms with van der Waals surface area (Å²) >= 11 is 0. The lowest BCUT2D eigenvalue weighted by molar-refractivity contribution is -0.185. The predicted octanol–water partition coefficient (Wildman–Crippen LogP) is 3.99. The average Bonchev–Trinajstić information content (AvgIpc) is 2.84. The minimum absolute atomic E-state index is 0.0995. The van der Waals surface area contributed by atoms with Crippen LogP contribution < -0.4 is 0 Å². The third-order valence-electron chi connectivity index (χ3n) is 3.62. The lowest BCUT2D eigenvalue weighted by Gasteiger charge is -2.26. The molecule has 2 heterocycles. The van der Waals surface area contributed by atoms with Crippen LogP contribution in [-0.4, -0.2) is 23.0 Å². The van der Waals surface area contributed by atoms with Crippen molar-refractivity contribution in [1.82, 2.24) is 4.57 Å². The summed E-state index contributed by atoms with van der Waals surface area (Å²) in [6.45, 7) is 6.49. The van der Waals surface area contributed by atoms with Crippen molar-refractivity contribution in [3.05, 3.63) is 29.6 Å². The fraction of sp³-hybridized carbons (Fsp3) is 0.500. The number of rotatable bonds is 2. The van der Waals surface area contributed by atoms with Gasteiger partial charge in [0.2, 0.25) is 0 Å². The van der Waals surface area contributed by atoms with E-state index in [-0.39, 0.29) is 5.71 Å². The van der Waals surface area contributed by atoms with Crippen LogP contribution in [0.2, 0.25) is 0 Å². The normalized spacial score (nSPS) is 16.6. The lowest BCUT2D eigenvalue weighted by Crippen LogP contribution is -2.38. The molecule has 0 radical (unpaired) electrons. The first-order valence-corrected chi connectivity index (χ1v) is 6.12. The smallest absolute Gasteiger partial charge is 0.320 e. The van der Waals surface area contributed by atoms with E-state index in [9.17, 15) is 13.2 Å². The predicted molar refractivity (Wildman–Crippen MR) is 70.3 cm³/mol. The van der Waals surface area contributed by atoms with Crippen molar-refractivity contribution >= 4 is 11.4 Å². The molecule has 1 aliphatic rings. The third kappa shape index (κ3) is 2.22. The second-order valence-corrected chi connectivity index (χ2v) is 5.41. The van der Waals surface area contributed by atoms with Gasteiger partial charge < -0.3 is 4.57 Å². The van der Waals surface area contributed by atoms with Gasteiger partial charge in [0.15, 0.2) is 0 Å². The first kappa shape index (κ1) is 13.9. The van der Waals surface area contributed by atoms with Crippen molar-refractivity contribution in [3.8, 4) is 0 Å². The fourth-order valence-corrected chi connectivity index (χ4v) is 2.20. The maximum atomic E-state index is 13.0. The number of aliphatic imine (C=N–C) groups is 1. The number of halogens is 3. The number of aryl methyl sites for hydroxylation is 2. The van der Waals surface area contributed by atoms with Gasteiger partial charge in [-0.05, 0) is 45.9 Å². The Labute approximate surface area is 110 Å². The molecule has 2 rings (SSSR count). The first-order valence-electron chi connectivity index (χ1n) is 6.12. The lowest BCUT2D eigenvalue weighted by atomic mass is 9.86. The number of aromatic nitrogens is 1. The zero-order chi connectivity index (χ0) is 14.4. The molecule has 0 amide bonds. The van der Waals surface area contributed by atoms with Crippen LogP contribution in [0.4, 0.5) is 13.2 Å². The summed E-state index contributed by atoms with van der Waals surface area (Å²) in [4.78, 5) is 4.08. The van der Waals surface area contributed by atoms with Gasteiger partial charge in [0, 0.05) is 17.1 Å². The van der Waals surface area contributed by atoms with Gasteiger partial charge in [-0.25, -0.2) is 0 Å². The van der Waals surface area contributed by atoms with Crippen LogP contribution in [0.1, 0.15) is 25.2 Å². The van der Waals surface area contributed by atoms with Gasteiger partial charge in [0.1, 0.15) is 5.41 Å². The van der Waals surface area contributed by atoms with E-state index >= 15 is 0 Å². The highest BCUT2D eigenvalue weighted by atomic mass is 19.4. The van der Waals surface area contributed by atoms with E-state index in [0.717, 1.165) is 17.1 Å². The Morgan fingerprint density at radius 2 is 1.63 bits per heavy atom. The Balaban J connectivity index is 2.36. The number of nitrogens with zero attached hydrogens (tertiary/aromatic N) is 2. The van der Waals surface area contributed by atoms with Crippen molar-refractivity contribution in [2.24, 2.45) is 10.4 Å². The first-order chi connectivity index (χ1) is 8.64. The number of allylic oxidation sites excluding steroid dienone is 1. The molecule has 0 bridgehead atoms. The highest BCUT2D eigenvalue weighted by Crippen LogP contribution is 2.41. The molecule has 0 aromatic carbocycles.